The molecular formula is C11H8Br2FNO. The lowest BCUT2D eigenvalue weighted by Crippen LogP contribution is -2.12. The van der Waals surface area contributed by atoms with Crippen molar-refractivity contribution in [2.24, 2.45) is 5.73 Å². The van der Waals surface area contributed by atoms with Gasteiger partial charge in [-0.15, -0.1) is 0 Å². The van der Waals surface area contributed by atoms with E-state index in [1.165, 1.54) is 6.07 Å². The molecular weight excluding hydrogens is 341 g/mol. The molecule has 0 saturated carbocycles. The van der Waals surface area contributed by atoms with Crippen LogP contribution in [0.4, 0.5) is 4.39 Å². The molecule has 0 radical (unpaired) electrons. The van der Waals surface area contributed by atoms with E-state index in [-0.39, 0.29) is 5.82 Å². The van der Waals surface area contributed by atoms with Crippen LogP contribution < -0.4 is 5.73 Å². The van der Waals surface area contributed by atoms with Gasteiger partial charge in [-0.05, 0) is 46.3 Å². The molecule has 1 atom stereocenters. The summed E-state index contributed by atoms with van der Waals surface area (Å²) in [7, 11) is 0. The summed E-state index contributed by atoms with van der Waals surface area (Å²) in [5.41, 5.74) is 6.32. The summed E-state index contributed by atoms with van der Waals surface area (Å²) >= 11 is 6.46. The standard InChI is InChI=1S/C11H8Br2FNO/c12-6-1-2-8(14)7(5-6)11(15)9-3-4-10(13)16-9/h1-5,11H,15H2. The Morgan fingerprint density at radius 1 is 1.19 bits per heavy atom. The summed E-state index contributed by atoms with van der Waals surface area (Å²) < 4.78 is 20.2. The molecule has 2 nitrogen and oxygen atoms in total. The monoisotopic (exact) mass is 347 g/mol. The van der Waals surface area contributed by atoms with Crippen molar-refractivity contribution in [3.8, 4) is 0 Å². The summed E-state index contributed by atoms with van der Waals surface area (Å²) in [4.78, 5) is 0. The fourth-order valence-electron chi connectivity index (χ4n) is 1.40. The molecule has 0 aliphatic rings. The smallest absolute Gasteiger partial charge is 0.169 e. The van der Waals surface area contributed by atoms with Gasteiger partial charge in [0, 0.05) is 10.0 Å². The second-order valence-corrected chi connectivity index (χ2v) is 4.98. The minimum atomic E-state index is -0.608. The van der Waals surface area contributed by atoms with Gasteiger partial charge in [-0.3, -0.25) is 0 Å². The molecule has 1 aromatic heterocycles. The molecule has 0 aliphatic carbocycles. The maximum atomic E-state index is 13.6. The van der Waals surface area contributed by atoms with Gasteiger partial charge in [0.15, 0.2) is 4.67 Å². The third-order valence-corrected chi connectivity index (χ3v) is 3.11. The van der Waals surface area contributed by atoms with E-state index in [1.54, 1.807) is 24.3 Å². The lowest BCUT2D eigenvalue weighted by atomic mass is 10.1. The number of benzene rings is 1. The first kappa shape index (κ1) is 11.8. The second-order valence-electron chi connectivity index (χ2n) is 3.29. The van der Waals surface area contributed by atoms with Crippen molar-refractivity contribution in [2.45, 2.75) is 6.04 Å². The molecule has 0 amide bonds. The molecule has 1 unspecified atom stereocenters. The number of halogens is 3. The van der Waals surface area contributed by atoms with Crippen LogP contribution in [0.15, 0.2) is 43.9 Å². The highest BCUT2D eigenvalue weighted by Crippen LogP contribution is 2.27. The maximum Gasteiger partial charge on any atom is 0.169 e. The minimum Gasteiger partial charge on any atom is -0.452 e. The van der Waals surface area contributed by atoms with E-state index in [1.807, 2.05) is 0 Å². The average Bonchev–Trinajstić information content (AvgIpc) is 2.67. The van der Waals surface area contributed by atoms with Gasteiger partial charge in [0.05, 0.1) is 6.04 Å². The van der Waals surface area contributed by atoms with Gasteiger partial charge >= 0.3 is 0 Å². The third-order valence-electron chi connectivity index (χ3n) is 2.19. The van der Waals surface area contributed by atoms with Crippen molar-refractivity contribution in [2.75, 3.05) is 0 Å². The van der Waals surface area contributed by atoms with Gasteiger partial charge in [0.2, 0.25) is 0 Å². The van der Waals surface area contributed by atoms with Crippen LogP contribution in [-0.2, 0) is 0 Å². The number of hydrogen-bond acceptors (Lipinski definition) is 2. The maximum absolute atomic E-state index is 13.6. The zero-order valence-electron chi connectivity index (χ0n) is 8.08. The Bertz CT molecular complexity index is 512. The van der Waals surface area contributed by atoms with Crippen molar-refractivity contribution >= 4 is 31.9 Å². The molecule has 16 heavy (non-hydrogen) atoms. The summed E-state index contributed by atoms with van der Waals surface area (Å²) in [6.07, 6.45) is 0. The van der Waals surface area contributed by atoms with Crippen LogP contribution in [0, 0.1) is 5.82 Å². The van der Waals surface area contributed by atoms with Crippen LogP contribution in [-0.4, -0.2) is 0 Å². The highest BCUT2D eigenvalue weighted by Gasteiger charge is 2.17. The minimum absolute atomic E-state index is 0.344. The van der Waals surface area contributed by atoms with Crippen molar-refractivity contribution in [3.63, 3.8) is 0 Å². The van der Waals surface area contributed by atoms with Crippen molar-refractivity contribution in [1.82, 2.24) is 0 Å². The Kier molecular flexibility index (Phi) is 3.47. The number of furan rings is 1. The molecule has 1 heterocycles. The zero-order valence-corrected chi connectivity index (χ0v) is 11.3. The first-order valence-corrected chi connectivity index (χ1v) is 6.12. The van der Waals surface area contributed by atoms with Crippen LogP contribution in [0.2, 0.25) is 0 Å². The van der Waals surface area contributed by atoms with E-state index >= 15 is 0 Å². The summed E-state index contributed by atoms with van der Waals surface area (Å²) in [6.45, 7) is 0. The largest absolute Gasteiger partial charge is 0.452 e. The molecule has 0 spiro atoms. The number of hydrogen-bond donors (Lipinski definition) is 1. The highest BCUT2D eigenvalue weighted by molar-refractivity contribution is 9.10. The van der Waals surface area contributed by atoms with Crippen molar-refractivity contribution < 1.29 is 8.81 Å². The number of rotatable bonds is 2. The molecule has 0 bridgehead atoms. The third kappa shape index (κ3) is 2.36. The Balaban J connectivity index is 2.40. The van der Waals surface area contributed by atoms with Crippen LogP contribution in [0.3, 0.4) is 0 Å². The summed E-state index contributed by atoms with van der Waals surface area (Å²) in [5.74, 6) is 0.173. The quantitative estimate of drug-likeness (QED) is 0.891. The predicted molar refractivity (Wildman–Crippen MR) is 66.5 cm³/mol. The molecule has 5 heteroatoms. The van der Waals surface area contributed by atoms with Crippen molar-refractivity contribution in [1.29, 1.82) is 0 Å². The topological polar surface area (TPSA) is 39.2 Å². The molecule has 0 fully saturated rings. The predicted octanol–water partition coefficient (Wildman–Crippen LogP) is 3.99. The Hall–Kier alpha value is -0.650. The van der Waals surface area contributed by atoms with E-state index in [4.69, 9.17) is 10.2 Å². The SMILES string of the molecule is NC(c1ccc(Br)o1)c1cc(Br)ccc1F. The normalized spacial score (nSPS) is 12.8. The zero-order chi connectivity index (χ0) is 11.7. The summed E-state index contributed by atoms with van der Waals surface area (Å²) in [5, 5.41) is 0. The molecule has 84 valence electrons. The number of nitrogens with two attached hydrogens (primary N) is 1. The highest BCUT2D eigenvalue weighted by atomic mass is 79.9. The van der Waals surface area contributed by atoms with Crippen LogP contribution in [0.25, 0.3) is 0 Å². The fraction of sp³-hybridized carbons (Fsp3) is 0.0909. The molecule has 0 saturated heterocycles. The van der Waals surface area contributed by atoms with Gasteiger partial charge < -0.3 is 10.2 Å². The Labute approximate surface area is 109 Å². The molecule has 2 aromatic rings. The molecule has 0 aliphatic heterocycles. The first-order valence-electron chi connectivity index (χ1n) is 4.53. The van der Waals surface area contributed by atoms with Gasteiger partial charge in [-0.2, -0.15) is 0 Å². The van der Waals surface area contributed by atoms with Gasteiger partial charge in [-0.1, -0.05) is 15.9 Å². The fourth-order valence-corrected chi connectivity index (χ4v) is 2.10. The van der Waals surface area contributed by atoms with E-state index < -0.39 is 6.04 Å². The van der Waals surface area contributed by atoms with Crippen LogP contribution >= 0.6 is 31.9 Å². The van der Waals surface area contributed by atoms with Crippen LogP contribution in [0.1, 0.15) is 17.4 Å². The average molecular weight is 349 g/mol. The van der Waals surface area contributed by atoms with Crippen molar-refractivity contribution in [3.05, 3.63) is 56.6 Å². The Morgan fingerprint density at radius 2 is 1.94 bits per heavy atom. The van der Waals surface area contributed by atoms with E-state index in [0.717, 1.165) is 4.47 Å². The van der Waals surface area contributed by atoms with E-state index in [2.05, 4.69) is 31.9 Å². The summed E-state index contributed by atoms with van der Waals surface area (Å²) in [6, 6.07) is 7.49. The Morgan fingerprint density at radius 3 is 2.56 bits per heavy atom. The molecule has 2 N–H and O–H groups in total. The van der Waals surface area contributed by atoms with Gasteiger partial charge in [0.1, 0.15) is 11.6 Å². The second kappa shape index (κ2) is 4.69. The molecule has 1 aromatic carbocycles. The first-order chi connectivity index (χ1) is 7.58. The van der Waals surface area contributed by atoms with E-state index in [0.29, 0.717) is 16.0 Å². The lowest BCUT2D eigenvalue weighted by Gasteiger charge is -2.10. The lowest BCUT2D eigenvalue weighted by molar-refractivity contribution is 0.463. The van der Waals surface area contributed by atoms with E-state index in [9.17, 15) is 4.39 Å². The van der Waals surface area contributed by atoms with Gasteiger partial charge in [-0.25, -0.2) is 4.39 Å². The van der Waals surface area contributed by atoms with Gasteiger partial charge in [0.25, 0.3) is 0 Å². The molecule has 2 rings (SSSR count). The van der Waals surface area contributed by atoms with Crippen LogP contribution in [0.5, 0.6) is 0 Å².